The monoisotopic (exact) mass is 192 g/mol. The molecule has 0 unspecified atom stereocenters. The van der Waals surface area contributed by atoms with Gasteiger partial charge in [0.25, 0.3) is 0 Å². The second kappa shape index (κ2) is 3.75. The molecule has 0 bridgehead atoms. The predicted octanol–water partition coefficient (Wildman–Crippen LogP) is 2.46. The highest BCUT2D eigenvalue weighted by molar-refractivity contribution is 5.62. The van der Waals surface area contributed by atoms with Crippen molar-refractivity contribution in [1.29, 1.82) is 0 Å². The summed E-state index contributed by atoms with van der Waals surface area (Å²) in [5.74, 6) is 0.211. The molecule has 0 N–H and O–H groups in total. The molecule has 1 rings (SSSR count). The van der Waals surface area contributed by atoms with E-state index in [1.807, 2.05) is 0 Å². The second-order valence-corrected chi connectivity index (χ2v) is 2.68. The molecule has 0 saturated carbocycles. The number of aryl methyl sites for hydroxylation is 1. The van der Waals surface area contributed by atoms with Crippen LogP contribution in [0.3, 0.4) is 0 Å². The third-order valence-corrected chi connectivity index (χ3v) is 1.77. The zero-order valence-electron chi connectivity index (χ0n) is 7.77. The van der Waals surface area contributed by atoms with Crippen molar-refractivity contribution in [3.63, 3.8) is 0 Å². The summed E-state index contributed by atoms with van der Waals surface area (Å²) in [4.78, 5) is 13.2. The van der Waals surface area contributed by atoms with Crippen LogP contribution < -0.4 is 4.74 Å². The first-order chi connectivity index (χ1) is 6.60. The molecule has 0 aliphatic rings. The average molecular weight is 192 g/mol. The highest BCUT2D eigenvalue weighted by atomic mass is 16.6. The summed E-state index contributed by atoms with van der Waals surface area (Å²) in [7, 11) is 1.37. The molecule has 0 aromatic heterocycles. The largest absolute Gasteiger partial charge is 0.490 e. The third kappa shape index (κ3) is 1.64. The molecule has 0 aliphatic heterocycles. The van der Waals surface area contributed by atoms with Gasteiger partial charge in [-0.2, -0.15) is 0 Å². The number of nitrogens with zero attached hydrogens (tertiary/aromatic N) is 2. The van der Waals surface area contributed by atoms with E-state index in [1.54, 1.807) is 13.0 Å². The van der Waals surface area contributed by atoms with Crippen LogP contribution in [0.4, 0.5) is 11.4 Å². The molecule has 5 nitrogen and oxygen atoms in total. The van der Waals surface area contributed by atoms with Crippen LogP contribution in [0.5, 0.6) is 5.75 Å². The Morgan fingerprint density at radius 1 is 1.57 bits per heavy atom. The lowest BCUT2D eigenvalue weighted by atomic mass is 10.1. The van der Waals surface area contributed by atoms with Crippen molar-refractivity contribution in [3.05, 3.63) is 39.2 Å². The summed E-state index contributed by atoms with van der Waals surface area (Å²) >= 11 is 0. The van der Waals surface area contributed by atoms with Crippen molar-refractivity contribution in [2.24, 2.45) is 0 Å². The Morgan fingerprint density at radius 2 is 2.21 bits per heavy atom. The van der Waals surface area contributed by atoms with Gasteiger partial charge in [0.15, 0.2) is 11.4 Å². The van der Waals surface area contributed by atoms with Gasteiger partial charge in [0.05, 0.1) is 18.6 Å². The maximum Gasteiger partial charge on any atom is 0.301 e. The van der Waals surface area contributed by atoms with Crippen molar-refractivity contribution in [1.82, 2.24) is 0 Å². The number of hydrogen-bond donors (Lipinski definition) is 0. The Bertz CT molecular complexity index is 421. The molecular formula is C9H8N2O3. The minimum Gasteiger partial charge on any atom is -0.490 e. The fraction of sp³-hybridized carbons (Fsp3) is 0.222. The SMILES string of the molecule is [C-]#[N+]c1cc(C)c(OC)c([N+](=O)[O-])c1. The molecule has 0 fully saturated rings. The quantitative estimate of drug-likeness (QED) is 0.411. The van der Waals surface area contributed by atoms with Gasteiger partial charge in [-0.05, 0) is 18.6 Å². The molecule has 0 saturated heterocycles. The minimum absolute atomic E-state index is 0.168. The minimum atomic E-state index is -0.555. The first kappa shape index (κ1) is 9.99. The molecule has 0 radical (unpaired) electrons. The van der Waals surface area contributed by atoms with Gasteiger partial charge in [0, 0.05) is 6.07 Å². The van der Waals surface area contributed by atoms with Gasteiger partial charge in [-0.25, -0.2) is 4.85 Å². The molecule has 5 heteroatoms. The van der Waals surface area contributed by atoms with Crippen LogP contribution in [0.1, 0.15) is 5.56 Å². The summed E-state index contributed by atoms with van der Waals surface area (Å²) in [5, 5.41) is 10.6. The van der Waals surface area contributed by atoms with E-state index < -0.39 is 4.92 Å². The van der Waals surface area contributed by atoms with Crippen molar-refractivity contribution in [3.8, 4) is 5.75 Å². The second-order valence-electron chi connectivity index (χ2n) is 2.68. The van der Waals surface area contributed by atoms with E-state index in [-0.39, 0.29) is 17.1 Å². The zero-order chi connectivity index (χ0) is 10.7. The summed E-state index contributed by atoms with van der Waals surface area (Å²) in [5.41, 5.74) is 0.668. The van der Waals surface area contributed by atoms with Crippen LogP contribution in [0.25, 0.3) is 4.85 Å². The molecular weight excluding hydrogens is 184 g/mol. The maximum atomic E-state index is 10.6. The predicted molar refractivity (Wildman–Crippen MR) is 50.6 cm³/mol. The Kier molecular flexibility index (Phi) is 2.67. The first-order valence-corrected chi connectivity index (χ1v) is 3.80. The Morgan fingerprint density at radius 3 is 2.64 bits per heavy atom. The molecule has 1 aromatic rings. The van der Waals surface area contributed by atoms with Crippen molar-refractivity contribution >= 4 is 11.4 Å². The Balaban J connectivity index is 3.45. The molecule has 0 heterocycles. The lowest BCUT2D eigenvalue weighted by molar-refractivity contribution is -0.385. The normalized spacial score (nSPS) is 9.21. The fourth-order valence-corrected chi connectivity index (χ4v) is 1.20. The van der Waals surface area contributed by atoms with Gasteiger partial charge in [-0.3, -0.25) is 10.1 Å². The standard InChI is InChI=1S/C9H8N2O3/c1-6-4-7(10-2)5-8(11(12)13)9(6)14-3/h4-5H,1,3H3. The van der Waals surface area contributed by atoms with Crippen LogP contribution in [-0.4, -0.2) is 12.0 Å². The highest BCUT2D eigenvalue weighted by Gasteiger charge is 2.17. The summed E-state index contributed by atoms with van der Waals surface area (Å²) < 4.78 is 4.89. The van der Waals surface area contributed by atoms with E-state index in [2.05, 4.69) is 4.85 Å². The number of nitro groups is 1. The van der Waals surface area contributed by atoms with Gasteiger partial charge >= 0.3 is 5.69 Å². The molecule has 0 atom stereocenters. The van der Waals surface area contributed by atoms with Crippen molar-refractivity contribution in [2.45, 2.75) is 6.92 Å². The van der Waals surface area contributed by atoms with Crippen LogP contribution in [0.2, 0.25) is 0 Å². The molecule has 1 aromatic carbocycles. The highest BCUT2D eigenvalue weighted by Crippen LogP contribution is 2.34. The number of ether oxygens (including phenoxy) is 1. The van der Waals surface area contributed by atoms with E-state index in [0.29, 0.717) is 5.56 Å². The van der Waals surface area contributed by atoms with Gasteiger partial charge < -0.3 is 4.74 Å². The molecule has 0 spiro atoms. The average Bonchev–Trinajstić information content (AvgIpc) is 2.16. The summed E-state index contributed by atoms with van der Waals surface area (Å²) in [6.07, 6.45) is 0. The van der Waals surface area contributed by atoms with E-state index in [4.69, 9.17) is 11.3 Å². The van der Waals surface area contributed by atoms with E-state index in [0.717, 1.165) is 0 Å². The number of benzene rings is 1. The summed E-state index contributed by atoms with van der Waals surface area (Å²) in [6.45, 7) is 8.43. The van der Waals surface area contributed by atoms with Crippen LogP contribution >= 0.6 is 0 Å². The Hall–Kier alpha value is -2.09. The maximum absolute atomic E-state index is 10.6. The molecule has 14 heavy (non-hydrogen) atoms. The smallest absolute Gasteiger partial charge is 0.301 e. The Labute approximate surface area is 80.9 Å². The topological polar surface area (TPSA) is 56.7 Å². The fourth-order valence-electron chi connectivity index (χ4n) is 1.20. The van der Waals surface area contributed by atoms with E-state index in [9.17, 15) is 10.1 Å². The molecule has 0 amide bonds. The van der Waals surface area contributed by atoms with Gasteiger partial charge in [0.1, 0.15) is 0 Å². The number of hydrogen-bond acceptors (Lipinski definition) is 3. The third-order valence-electron chi connectivity index (χ3n) is 1.77. The number of rotatable bonds is 2. The van der Waals surface area contributed by atoms with Gasteiger partial charge in [0.2, 0.25) is 0 Å². The first-order valence-electron chi connectivity index (χ1n) is 3.80. The molecule has 0 aliphatic carbocycles. The van der Waals surface area contributed by atoms with E-state index >= 15 is 0 Å². The van der Waals surface area contributed by atoms with Crippen LogP contribution in [0.15, 0.2) is 12.1 Å². The van der Waals surface area contributed by atoms with Crippen LogP contribution in [0, 0.1) is 23.6 Å². The number of methoxy groups -OCH3 is 1. The van der Waals surface area contributed by atoms with Crippen molar-refractivity contribution in [2.75, 3.05) is 7.11 Å². The van der Waals surface area contributed by atoms with E-state index in [1.165, 1.54) is 13.2 Å². The lowest BCUT2D eigenvalue weighted by Crippen LogP contribution is -1.95. The van der Waals surface area contributed by atoms with Crippen molar-refractivity contribution < 1.29 is 9.66 Å². The lowest BCUT2D eigenvalue weighted by Gasteiger charge is -2.05. The zero-order valence-corrected chi connectivity index (χ0v) is 7.77. The van der Waals surface area contributed by atoms with Crippen LogP contribution in [-0.2, 0) is 0 Å². The van der Waals surface area contributed by atoms with Gasteiger partial charge in [-0.15, -0.1) is 0 Å². The summed E-state index contributed by atoms with van der Waals surface area (Å²) in [6, 6.07) is 2.76. The molecule has 72 valence electrons. The van der Waals surface area contributed by atoms with Gasteiger partial charge in [-0.1, -0.05) is 0 Å². The number of nitro benzene ring substituents is 1.